The summed E-state index contributed by atoms with van der Waals surface area (Å²) in [5, 5.41) is 8.36. The van der Waals surface area contributed by atoms with Gasteiger partial charge in [0.1, 0.15) is 12.1 Å². The molecule has 1 aliphatic rings. The maximum Gasteiger partial charge on any atom is 0.315 e. The van der Waals surface area contributed by atoms with Crippen LogP contribution in [-0.4, -0.2) is 65.1 Å². The number of nitrogens with one attached hydrogen (secondary N) is 3. The van der Waals surface area contributed by atoms with Crippen molar-refractivity contribution in [3.8, 4) is 12.3 Å². The van der Waals surface area contributed by atoms with E-state index in [2.05, 4.69) is 49.6 Å². The van der Waals surface area contributed by atoms with Crippen LogP contribution in [0.5, 0.6) is 0 Å². The van der Waals surface area contributed by atoms with Crippen LogP contribution in [0.25, 0.3) is 0 Å². The first-order chi connectivity index (χ1) is 22.7. The van der Waals surface area contributed by atoms with E-state index in [0.29, 0.717) is 32.2 Å². The number of terminal acetylenes is 1. The van der Waals surface area contributed by atoms with E-state index in [1.807, 2.05) is 58.0 Å². The molecule has 5 N–H and O–H groups in total. The van der Waals surface area contributed by atoms with Gasteiger partial charge in [-0.1, -0.05) is 118 Å². The van der Waals surface area contributed by atoms with Crippen LogP contribution in [0.2, 0.25) is 0 Å². The first kappa shape index (κ1) is 44.1. The third kappa shape index (κ3) is 16.8. The first-order valence-electron chi connectivity index (χ1n) is 17.7. The molecule has 48 heavy (non-hydrogen) atoms. The molecule has 10 nitrogen and oxygen atoms in total. The SMILES string of the molecule is C#CCCC(NC(=O)[C@@H]1CCCN1C(=O)C(NC(=O)NC(CC)Cc1ccccc1)C(C)(C)C)C(=O)C(N)=O.CCC.CCCCCC. The summed E-state index contributed by atoms with van der Waals surface area (Å²) < 4.78 is 0. The minimum atomic E-state index is -1.17. The lowest BCUT2D eigenvalue weighted by Crippen LogP contribution is -2.60. The molecule has 0 radical (unpaired) electrons. The fourth-order valence-electron chi connectivity index (χ4n) is 5.11. The third-order valence-electron chi connectivity index (χ3n) is 7.79. The van der Waals surface area contributed by atoms with E-state index in [4.69, 9.17) is 12.2 Å². The Kier molecular flexibility index (Phi) is 22.3. The van der Waals surface area contributed by atoms with Crippen LogP contribution in [0.3, 0.4) is 0 Å². The van der Waals surface area contributed by atoms with Crippen LogP contribution in [0, 0.1) is 17.8 Å². The maximum atomic E-state index is 13.7. The molecule has 3 unspecified atom stereocenters. The smallest absolute Gasteiger partial charge is 0.315 e. The fourth-order valence-corrected chi connectivity index (χ4v) is 5.11. The maximum absolute atomic E-state index is 13.7. The van der Waals surface area contributed by atoms with E-state index < -0.39 is 53.1 Å². The summed E-state index contributed by atoms with van der Waals surface area (Å²) >= 11 is 0. The monoisotopic (exact) mass is 669 g/mol. The van der Waals surface area contributed by atoms with E-state index in [1.165, 1.54) is 37.0 Å². The van der Waals surface area contributed by atoms with E-state index in [9.17, 15) is 24.0 Å². The Morgan fingerprint density at radius 3 is 2.02 bits per heavy atom. The summed E-state index contributed by atoms with van der Waals surface area (Å²) in [4.78, 5) is 65.0. The highest BCUT2D eigenvalue weighted by Crippen LogP contribution is 2.26. The van der Waals surface area contributed by atoms with Crippen molar-refractivity contribution in [3.63, 3.8) is 0 Å². The Morgan fingerprint density at radius 2 is 1.54 bits per heavy atom. The number of ketones is 1. The Hall–Kier alpha value is -3.87. The van der Waals surface area contributed by atoms with Crippen molar-refractivity contribution < 1.29 is 24.0 Å². The Labute approximate surface area is 290 Å². The number of likely N-dealkylation sites (tertiary alicyclic amines) is 1. The molecule has 0 bridgehead atoms. The summed E-state index contributed by atoms with van der Waals surface area (Å²) in [6.45, 7) is 16.5. The Balaban J connectivity index is 0.00000217. The number of hydrogen-bond acceptors (Lipinski definition) is 5. The largest absolute Gasteiger partial charge is 0.363 e. The van der Waals surface area contributed by atoms with Gasteiger partial charge in [-0.15, -0.1) is 12.3 Å². The molecular formula is C38H63N5O5. The molecule has 1 saturated heterocycles. The number of urea groups is 1. The third-order valence-corrected chi connectivity index (χ3v) is 7.79. The number of nitrogens with zero attached hydrogens (tertiary/aromatic N) is 1. The van der Waals surface area contributed by atoms with Gasteiger partial charge in [0, 0.05) is 19.0 Å². The van der Waals surface area contributed by atoms with Gasteiger partial charge in [-0.2, -0.15) is 0 Å². The van der Waals surface area contributed by atoms with Gasteiger partial charge in [0.15, 0.2) is 0 Å². The zero-order valence-electron chi connectivity index (χ0n) is 30.8. The van der Waals surface area contributed by atoms with Crippen LogP contribution in [0.1, 0.15) is 125 Å². The summed E-state index contributed by atoms with van der Waals surface area (Å²) in [5.74, 6) is -0.698. The van der Waals surface area contributed by atoms with Crippen LogP contribution < -0.4 is 21.7 Å². The molecule has 1 aliphatic heterocycles. The number of hydrogen-bond donors (Lipinski definition) is 4. The number of Topliss-reactive ketones (excluding diaryl/α,β-unsaturated/α-hetero) is 1. The highest BCUT2D eigenvalue weighted by atomic mass is 16.2. The van der Waals surface area contributed by atoms with Crippen molar-refractivity contribution in [3.05, 3.63) is 35.9 Å². The van der Waals surface area contributed by atoms with Gasteiger partial charge >= 0.3 is 6.03 Å². The zero-order chi connectivity index (χ0) is 36.7. The highest BCUT2D eigenvalue weighted by Gasteiger charge is 2.42. The van der Waals surface area contributed by atoms with E-state index >= 15 is 0 Å². The second-order valence-corrected chi connectivity index (χ2v) is 13.3. The minimum Gasteiger partial charge on any atom is -0.363 e. The lowest BCUT2D eigenvalue weighted by molar-refractivity contribution is -0.143. The van der Waals surface area contributed by atoms with E-state index in [-0.39, 0.29) is 18.9 Å². The Bertz CT molecular complexity index is 1150. The van der Waals surface area contributed by atoms with Crippen molar-refractivity contribution in [1.82, 2.24) is 20.9 Å². The summed E-state index contributed by atoms with van der Waals surface area (Å²) in [7, 11) is 0. The second-order valence-electron chi connectivity index (χ2n) is 13.3. The van der Waals surface area contributed by atoms with E-state index in [0.717, 1.165) is 5.56 Å². The molecule has 0 spiro atoms. The van der Waals surface area contributed by atoms with Crippen LogP contribution in [0.4, 0.5) is 4.79 Å². The molecular weight excluding hydrogens is 606 g/mol. The molecule has 0 saturated carbocycles. The number of nitrogens with two attached hydrogens (primary N) is 1. The molecule has 0 aliphatic carbocycles. The Morgan fingerprint density at radius 1 is 0.958 bits per heavy atom. The normalized spacial score (nSPS) is 15.6. The fraction of sp³-hybridized carbons (Fsp3) is 0.658. The first-order valence-corrected chi connectivity index (χ1v) is 17.7. The van der Waals surface area contributed by atoms with Crippen molar-refractivity contribution in [2.75, 3.05) is 6.54 Å². The second kappa shape index (κ2) is 24.3. The lowest BCUT2D eigenvalue weighted by Gasteiger charge is -2.36. The molecule has 4 atom stereocenters. The number of carbonyl (C=O) groups excluding carboxylic acids is 5. The number of unbranched alkanes of at least 4 members (excludes halogenated alkanes) is 3. The van der Waals surface area contributed by atoms with Crippen molar-refractivity contribution in [1.29, 1.82) is 0 Å². The number of benzene rings is 1. The van der Waals surface area contributed by atoms with Gasteiger partial charge in [0.25, 0.3) is 5.91 Å². The molecule has 1 fully saturated rings. The summed E-state index contributed by atoms with van der Waals surface area (Å²) in [6, 6.07) is 6.29. The molecule has 1 heterocycles. The standard InChI is InChI=1S/C29H41N5O5.C6H14.C3H8/c1-6-8-15-21(23(35)25(30)36)32-26(37)22-16-12-17-34(22)27(38)24(29(3,4)5)33-28(39)31-20(7-2)18-19-13-10-9-11-14-19;1-3-5-6-4-2;1-3-2/h1,9-11,13-14,20-22,24H,7-8,12,15-18H2,2-5H3,(H2,30,36)(H,32,37)(H2,31,33,39);3-6H2,1-2H3;3H2,1-2H3/t20?,21?,22-,24?;;/m0../s1. The van der Waals surface area contributed by atoms with Crippen molar-refractivity contribution in [2.45, 2.75) is 150 Å². The van der Waals surface area contributed by atoms with Gasteiger partial charge < -0.3 is 26.6 Å². The molecule has 10 heteroatoms. The summed E-state index contributed by atoms with van der Waals surface area (Å²) in [6.07, 6.45) is 14.6. The van der Waals surface area contributed by atoms with Gasteiger partial charge in [-0.25, -0.2) is 4.79 Å². The average molecular weight is 670 g/mol. The minimum absolute atomic E-state index is 0.0542. The number of carbonyl (C=O) groups is 5. The molecule has 1 aromatic rings. The predicted octanol–water partition coefficient (Wildman–Crippen LogP) is 5.67. The van der Waals surface area contributed by atoms with Gasteiger partial charge in [0.2, 0.25) is 17.6 Å². The molecule has 1 aromatic carbocycles. The highest BCUT2D eigenvalue weighted by molar-refractivity contribution is 6.37. The van der Waals surface area contributed by atoms with Crippen molar-refractivity contribution in [2.24, 2.45) is 11.1 Å². The van der Waals surface area contributed by atoms with Crippen LogP contribution >= 0.6 is 0 Å². The van der Waals surface area contributed by atoms with Crippen LogP contribution in [0.15, 0.2) is 30.3 Å². The number of rotatable bonds is 15. The summed E-state index contributed by atoms with van der Waals surface area (Å²) in [5.41, 5.74) is 5.57. The average Bonchev–Trinajstić information content (AvgIpc) is 3.54. The molecule has 5 amide bonds. The molecule has 0 aromatic heterocycles. The molecule has 270 valence electrons. The topological polar surface area (TPSA) is 151 Å². The quantitative estimate of drug-likeness (QED) is 0.108. The van der Waals surface area contributed by atoms with Gasteiger partial charge in [-0.3, -0.25) is 19.2 Å². The zero-order valence-corrected chi connectivity index (χ0v) is 30.8. The van der Waals surface area contributed by atoms with Gasteiger partial charge in [0.05, 0.1) is 6.04 Å². The number of amides is 5. The van der Waals surface area contributed by atoms with E-state index in [1.54, 1.807) is 0 Å². The van der Waals surface area contributed by atoms with Crippen molar-refractivity contribution >= 4 is 29.5 Å². The van der Waals surface area contributed by atoms with Crippen LogP contribution in [-0.2, 0) is 25.6 Å². The molecule has 2 rings (SSSR count). The van der Waals surface area contributed by atoms with Gasteiger partial charge in [-0.05, 0) is 43.1 Å². The lowest BCUT2D eigenvalue weighted by atomic mass is 9.85. The predicted molar refractivity (Wildman–Crippen MR) is 194 cm³/mol. The number of primary amides is 1.